The maximum absolute atomic E-state index is 5.87. The molecule has 1 unspecified atom stereocenters. The molecule has 1 atom stereocenters. The minimum Gasteiger partial charge on any atom is -0.328 e. The molecule has 1 heterocycles. The van der Waals surface area contributed by atoms with Crippen LogP contribution in [-0.2, 0) is 13.0 Å². The van der Waals surface area contributed by atoms with Crippen molar-refractivity contribution in [1.29, 1.82) is 0 Å². The summed E-state index contributed by atoms with van der Waals surface area (Å²) in [6.07, 6.45) is 2.12. The van der Waals surface area contributed by atoms with Crippen LogP contribution in [0.1, 0.15) is 37.2 Å². The fourth-order valence-electron chi connectivity index (χ4n) is 2.03. The molecule has 0 aliphatic rings. The molecule has 4 heteroatoms. The monoisotopic (exact) mass is 255 g/mol. The first-order valence-corrected chi connectivity index (χ1v) is 7.58. The highest BCUT2D eigenvalue weighted by atomic mass is 32.2. The summed E-state index contributed by atoms with van der Waals surface area (Å²) < 4.78 is 2.14. The fourth-order valence-corrected chi connectivity index (χ4v) is 2.65. The molecule has 0 aliphatic carbocycles. The van der Waals surface area contributed by atoms with Crippen molar-refractivity contribution in [3.63, 3.8) is 0 Å². The number of nitrogens with two attached hydrogens (primary N) is 1. The number of nitrogens with zero attached hydrogens (tertiary/aromatic N) is 2. The van der Waals surface area contributed by atoms with E-state index in [-0.39, 0.29) is 6.04 Å². The predicted octanol–water partition coefficient (Wildman–Crippen LogP) is 2.53. The van der Waals surface area contributed by atoms with Crippen LogP contribution in [0.4, 0.5) is 0 Å². The van der Waals surface area contributed by atoms with Crippen molar-refractivity contribution in [3.8, 4) is 0 Å². The van der Waals surface area contributed by atoms with Gasteiger partial charge < -0.3 is 5.73 Å². The zero-order chi connectivity index (χ0) is 12.8. The molecule has 0 amide bonds. The second-order valence-electron chi connectivity index (χ2n) is 4.60. The lowest BCUT2D eigenvalue weighted by molar-refractivity contribution is 0.585. The van der Waals surface area contributed by atoms with Gasteiger partial charge in [-0.1, -0.05) is 6.92 Å². The number of hydrogen-bond acceptors (Lipinski definition) is 3. The van der Waals surface area contributed by atoms with Gasteiger partial charge >= 0.3 is 0 Å². The van der Waals surface area contributed by atoms with Crippen LogP contribution in [0.15, 0.2) is 0 Å². The smallest absolute Gasteiger partial charge is 0.0629 e. The lowest BCUT2D eigenvalue weighted by Crippen LogP contribution is -2.18. The Morgan fingerprint density at radius 2 is 2.12 bits per heavy atom. The lowest BCUT2D eigenvalue weighted by atomic mass is 10.1. The topological polar surface area (TPSA) is 43.8 Å². The minimum absolute atomic E-state index is 0.209. The lowest BCUT2D eigenvalue weighted by Gasteiger charge is -2.07. The van der Waals surface area contributed by atoms with Gasteiger partial charge in [-0.2, -0.15) is 16.9 Å². The second-order valence-corrected chi connectivity index (χ2v) is 6.00. The third-order valence-corrected chi connectivity index (χ3v) is 3.91. The van der Waals surface area contributed by atoms with Gasteiger partial charge in [-0.15, -0.1) is 0 Å². The van der Waals surface area contributed by atoms with Crippen LogP contribution in [-0.4, -0.2) is 27.3 Å². The fraction of sp³-hybridized carbons (Fsp3) is 0.769. The van der Waals surface area contributed by atoms with Crippen molar-refractivity contribution in [2.24, 2.45) is 5.73 Å². The molecule has 3 nitrogen and oxygen atoms in total. The van der Waals surface area contributed by atoms with Crippen LogP contribution in [0.5, 0.6) is 0 Å². The van der Waals surface area contributed by atoms with Crippen LogP contribution in [0.3, 0.4) is 0 Å². The average molecular weight is 255 g/mol. The summed E-state index contributed by atoms with van der Waals surface area (Å²) in [6.45, 7) is 9.52. The summed E-state index contributed by atoms with van der Waals surface area (Å²) in [5.74, 6) is 2.42. The molecule has 0 saturated carbocycles. The van der Waals surface area contributed by atoms with Crippen LogP contribution in [0.25, 0.3) is 0 Å². The van der Waals surface area contributed by atoms with E-state index in [2.05, 4.69) is 30.6 Å². The molecule has 1 rings (SSSR count). The average Bonchev–Trinajstić information content (AvgIpc) is 2.52. The maximum atomic E-state index is 5.87. The number of rotatable bonds is 7. The molecule has 2 N–H and O–H groups in total. The Hall–Kier alpha value is -0.480. The molecule has 0 spiro atoms. The van der Waals surface area contributed by atoms with Crippen LogP contribution in [0.2, 0.25) is 0 Å². The molecule has 17 heavy (non-hydrogen) atoms. The summed E-state index contributed by atoms with van der Waals surface area (Å²) in [5.41, 5.74) is 9.64. The van der Waals surface area contributed by atoms with Crippen molar-refractivity contribution >= 4 is 11.8 Å². The first-order valence-electron chi connectivity index (χ1n) is 6.42. The van der Waals surface area contributed by atoms with Crippen LogP contribution in [0, 0.1) is 13.8 Å². The van der Waals surface area contributed by atoms with Crippen molar-refractivity contribution < 1.29 is 0 Å². The third-order valence-electron chi connectivity index (χ3n) is 2.92. The number of hydrogen-bond donors (Lipinski definition) is 1. The van der Waals surface area contributed by atoms with E-state index in [9.17, 15) is 0 Å². The Labute approximate surface area is 109 Å². The van der Waals surface area contributed by atoms with Gasteiger partial charge in [-0.3, -0.25) is 4.68 Å². The highest BCUT2D eigenvalue weighted by Crippen LogP contribution is 2.15. The Balaban J connectivity index is 2.61. The van der Waals surface area contributed by atoms with Gasteiger partial charge in [0.15, 0.2) is 0 Å². The van der Waals surface area contributed by atoms with E-state index in [4.69, 9.17) is 5.73 Å². The number of aromatic nitrogens is 2. The molecule has 0 aliphatic heterocycles. The molecule has 0 saturated heterocycles. The van der Waals surface area contributed by atoms with Crippen LogP contribution < -0.4 is 5.73 Å². The summed E-state index contributed by atoms with van der Waals surface area (Å²) in [7, 11) is 0. The van der Waals surface area contributed by atoms with E-state index >= 15 is 0 Å². The Kier molecular flexibility index (Phi) is 6.06. The summed E-state index contributed by atoms with van der Waals surface area (Å²) in [5, 5.41) is 4.61. The van der Waals surface area contributed by atoms with E-state index in [0.29, 0.717) is 0 Å². The quantitative estimate of drug-likeness (QED) is 0.761. The van der Waals surface area contributed by atoms with Gasteiger partial charge in [0.05, 0.1) is 5.69 Å². The highest BCUT2D eigenvalue weighted by Gasteiger charge is 2.12. The van der Waals surface area contributed by atoms with Gasteiger partial charge in [0.25, 0.3) is 0 Å². The normalized spacial score (nSPS) is 13.0. The Morgan fingerprint density at radius 3 is 2.71 bits per heavy atom. The predicted molar refractivity (Wildman–Crippen MR) is 76.7 cm³/mol. The van der Waals surface area contributed by atoms with Crippen LogP contribution >= 0.6 is 11.8 Å². The maximum Gasteiger partial charge on any atom is 0.0629 e. The van der Waals surface area contributed by atoms with E-state index < -0.39 is 0 Å². The zero-order valence-corrected chi connectivity index (χ0v) is 12.3. The van der Waals surface area contributed by atoms with Crippen molar-refractivity contribution in [3.05, 3.63) is 17.0 Å². The van der Waals surface area contributed by atoms with Crippen molar-refractivity contribution in [1.82, 2.24) is 9.78 Å². The SMILES string of the molecule is CCSCCCn1nc(C)c(CC(C)N)c1C. The van der Waals surface area contributed by atoms with E-state index in [0.717, 1.165) is 18.7 Å². The van der Waals surface area contributed by atoms with E-state index in [1.54, 1.807) is 0 Å². The zero-order valence-electron chi connectivity index (χ0n) is 11.5. The first kappa shape index (κ1) is 14.6. The van der Waals surface area contributed by atoms with E-state index in [1.807, 2.05) is 18.7 Å². The second kappa shape index (κ2) is 7.07. The van der Waals surface area contributed by atoms with Gasteiger partial charge in [-0.25, -0.2) is 0 Å². The number of aryl methyl sites for hydroxylation is 2. The Morgan fingerprint density at radius 1 is 1.41 bits per heavy atom. The number of thioether (sulfide) groups is 1. The molecular weight excluding hydrogens is 230 g/mol. The first-order chi connectivity index (χ1) is 8.06. The minimum atomic E-state index is 0.209. The molecule has 0 bridgehead atoms. The molecule has 0 aromatic carbocycles. The molecule has 98 valence electrons. The van der Waals surface area contributed by atoms with Gasteiger partial charge in [0.1, 0.15) is 0 Å². The van der Waals surface area contributed by atoms with Gasteiger partial charge in [0.2, 0.25) is 0 Å². The summed E-state index contributed by atoms with van der Waals surface area (Å²) >= 11 is 1.99. The molecular formula is C13H25N3S. The highest BCUT2D eigenvalue weighted by molar-refractivity contribution is 7.99. The van der Waals surface area contributed by atoms with Gasteiger partial charge in [0, 0.05) is 18.3 Å². The molecule has 0 radical (unpaired) electrons. The summed E-state index contributed by atoms with van der Waals surface area (Å²) in [4.78, 5) is 0. The van der Waals surface area contributed by atoms with Gasteiger partial charge in [-0.05, 0) is 50.7 Å². The molecule has 1 aromatic heterocycles. The molecule has 1 aromatic rings. The standard InChI is InChI=1S/C13H25N3S/c1-5-17-8-6-7-16-12(4)13(9-10(2)14)11(3)15-16/h10H,5-9,14H2,1-4H3. The largest absolute Gasteiger partial charge is 0.328 e. The molecule has 0 fully saturated rings. The van der Waals surface area contributed by atoms with E-state index in [1.165, 1.54) is 29.2 Å². The Bertz CT molecular complexity index is 345. The third kappa shape index (κ3) is 4.36. The van der Waals surface area contributed by atoms with Crippen molar-refractivity contribution in [2.45, 2.75) is 53.1 Å². The van der Waals surface area contributed by atoms with Crippen molar-refractivity contribution in [2.75, 3.05) is 11.5 Å². The summed E-state index contributed by atoms with van der Waals surface area (Å²) in [6, 6.07) is 0.209.